The van der Waals surface area contributed by atoms with Crippen molar-refractivity contribution in [3.63, 3.8) is 0 Å². The predicted octanol–water partition coefficient (Wildman–Crippen LogP) is 2.20. The Hall–Kier alpha value is -2.11. The molecule has 21 heavy (non-hydrogen) atoms. The van der Waals surface area contributed by atoms with Gasteiger partial charge in [0.25, 0.3) is 0 Å². The lowest BCUT2D eigenvalue weighted by atomic mass is 10.0. The highest BCUT2D eigenvalue weighted by molar-refractivity contribution is 5.92. The first-order valence-electron chi connectivity index (χ1n) is 6.66. The Balaban J connectivity index is 3.09. The van der Waals surface area contributed by atoms with E-state index in [0.29, 0.717) is 29.5 Å². The molecule has 0 aliphatic heterocycles. The Morgan fingerprint density at radius 1 is 1.29 bits per heavy atom. The Morgan fingerprint density at radius 3 is 2.38 bits per heavy atom. The van der Waals surface area contributed by atoms with E-state index in [0.717, 1.165) is 0 Å². The van der Waals surface area contributed by atoms with Crippen LogP contribution in [-0.4, -0.2) is 35.9 Å². The van der Waals surface area contributed by atoms with E-state index in [1.54, 1.807) is 27.7 Å². The fourth-order valence-electron chi connectivity index (χ4n) is 1.92. The molecule has 0 atom stereocenters. The molecule has 0 aliphatic rings. The summed E-state index contributed by atoms with van der Waals surface area (Å²) in [5.41, 5.74) is 1.15. The van der Waals surface area contributed by atoms with Crippen LogP contribution in [0.2, 0.25) is 0 Å². The van der Waals surface area contributed by atoms with E-state index in [1.165, 1.54) is 7.11 Å². The Morgan fingerprint density at radius 2 is 1.90 bits per heavy atom. The highest BCUT2D eigenvalue weighted by Crippen LogP contribution is 2.22. The summed E-state index contributed by atoms with van der Waals surface area (Å²) in [6.07, 6.45) is 1.07. The lowest BCUT2D eigenvalue weighted by Crippen LogP contribution is -2.24. The number of hydrogen-bond acceptors (Lipinski definition) is 5. The summed E-state index contributed by atoms with van der Waals surface area (Å²) < 4.78 is 9.90. The van der Waals surface area contributed by atoms with Gasteiger partial charge < -0.3 is 14.5 Å². The molecule has 116 valence electrons. The molecule has 0 bridgehead atoms. The maximum absolute atomic E-state index is 12.2. The van der Waals surface area contributed by atoms with E-state index >= 15 is 0 Å². The number of aromatic nitrogens is 1. The van der Waals surface area contributed by atoms with Gasteiger partial charge in [0, 0.05) is 6.42 Å². The molecule has 1 aromatic heterocycles. The summed E-state index contributed by atoms with van der Waals surface area (Å²) in [6.45, 7) is 7.00. The topological polar surface area (TPSA) is 85.5 Å². The van der Waals surface area contributed by atoms with Crippen LogP contribution in [0, 0.1) is 6.92 Å². The number of nitrogens with one attached hydrogen (secondary N) is 1. The second-order valence-electron chi connectivity index (χ2n) is 5.71. The zero-order chi connectivity index (χ0) is 16.2. The largest absolute Gasteiger partial charge is 0.469 e. The first-order chi connectivity index (χ1) is 9.69. The van der Waals surface area contributed by atoms with Gasteiger partial charge in [-0.25, -0.2) is 4.79 Å². The van der Waals surface area contributed by atoms with E-state index in [9.17, 15) is 14.4 Å². The molecule has 0 aromatic carbocycles. The molecule has 0 radical (unpaired) electrons. The molecule has 0 unspecified atom stereocenters. The van der Waals surface area contributed by atoms with Crippen molar-refractivity contribution in [1.82, 2.24) is 4.98 Å². The van der Waals surface area contributed by atoms with Crippen LogP contribution in [0.3, 0.4) is 0 Å². The molecule has 0 spiro atoms. The van der Waals surface area contributed by atoms with Gasteiger partial charge in [-0.3, -0.25) is 9.59 Å². The number of carbonyl (C=O) groups is 3. The number of aldehydes is 1. The Kier molecular flexibility index (Phi) is 5.29. The van der Waals surface area contributed by atoms with Gasteiger partial charge in [0.1, 0.15) is 11.3 Å². The molecule has 0 saturated heterocycles. The number of aromatic amines is 1. The second kappa shape index (κ2) is 6.56. The fourth-order valence-corrected chi connectivity index (χ4v) is 1.92. The quantitative estimate of drug-likeness (QED) is 0.665. The van der Waals surface area contributed by atoms with E-state index in [1.807, 2.05) is 0 Å². The summed E-state index contributed by atoms with van der Waals surface area (Å²) in [6, 6.07) is 0. The van der Waals surface area contributed by atoms with Crippen molar-refractivity contribution < 1.29 is 23.9 Å². The Bertz CT molecular complexity index is 551. The van der Waals surface area contributed by atoms with Crippen LogP contribution in [0.4, 0.5) is 0 Å². The van der Waals surface area contributed by atoms with Gasteiger partial charge in [-0.05, 0) is 45.2 Å². The van der Waals surface area contributed by atoms with Crippen LogP contribution in [0.1, 0.15) is 59.3 Å². The van der Waals surface area contributed by atoms with Crippen LogP contribution >= 0.6 is 0 Å². The molecule has 6 nitrogen and oxygen atoms in total. The SMILES string of the molecule is COC(=O)CCc1c(C(=O)OC(C)(C)C)[nH]c(C=O)c1C. The van der Waals surface area contributed by atoms with E-state index in [4.69, 9.17) is 4.74 Å². The van der Waals surface area contributed by atoms with Gasteiger partial charge in [0.2, 0.25) is 0 Å². The van der Waals surface area contributed by atoms with E-state index < -0.39 is 11.6 Å². The maximum Gasteiger partial charge on any atom is 0.355 e. The first kappa shape index (κ1) is 16.9. The molecule has 0 fully saturated rings. The summed E-state index contributed by atoms with van der Waals surface area (Å²) in [7, 11) is 1.30. The van der Waals surface area contributed by atoms with Crippen molar-refractivity contribution in [3.8, 4) is 0 Å². The number of methoxy groups -OCH3 is 1. The minimum Gasteiger partial charge on any atom is -0.469 e. The lowest BCUT2D eigenvalue weighted by Gasteiger charge is -2.19. The average Bonchev–Trinajstić information content (AvgIpc) is 2.70. The lowest BCUT2D eigenvalue weighted by molar-refractivity contribution is -0.140. The number of esters is 2. The van der Waals surface area contributed by atoms with Crippen molar-refractivity contribution in [3.05, 3.63) is 22.5 Å². The minimum absolute atomic E-state index is 0.128. The standard InChI is InChI=1S/C15H21NO5/c1-9-10(6-7-12(18)20-5)13(16-11(9)8-17)14(19)21-15(2,3)4/h8,16H,6-7H2,1-5H3. The summed E-state index contributed by atoms with van der Waals surface area (Å²) in [4.78, 5) is 37.2. The second-order valence-corrected chi connectivity index (χ2v) is 5.71. The molecule has 1 rings (SSSR count). The van der Waals surface area contributed by atoms with Crippen molar-refractivity contribution in [2.75, 3.05) is 7.11 Å². The van der Waals surface area contributed by atoms with Gasteiger partial charge in [-0.1, -0.05) is 0 Å². The molecule has 1 aromatic rings. The highest BCUT2D eigenvalue weighted by Gasteiger charge is 2.25. The van der Waals surface area contributed by atoms with Crippen LogP contribution in [0.5, 0.6) is 0 Å². The van der Waals surface area contributed by atoms with Crippen molar-refractivity contribution in [2.24, 2.45) is 0 Å². The third kappa shape index (κ3) is 4.44. The van der Waals surface area contributed by atoms with Crippen LogP contribution in [0.25, 0.3) is 0 Å². The number of rotatable bonds is 5. The number of carbonyl (C=O) groups excluding carboxylic acids is 3. The van der Waals surface area contributed by atoms with Crippen LogP contribution in [-0.2, 0) is 20.7 Å². The number of H-pyrrole nitrogens is 1. The zero-order valence-electron chi connectivity index (χ0n) is 13.0. The molecule has 6 heteroatoms. The maximum atomic E-state index is 12.2. The van der Waals surface area contributed by atoms with Crippen molar-refractivity contribution in [2.45, 2.75) is 46.1 Å². The molecule has 0 saturated carbocycles. The third-order valence-electron chi connectivity index (χ3n) is 2.95. The summed E-state index contributed by atoms with van der Waals surface area (Å²) in [5.74, 6) is -0.919. The summed E-state index contributed by atoms with van der Waals surface area (Å²) >= 11 is 0. The summed E-state index contributed by atoms with van der Waals surface area (Å²) in [5, 5.41) is 0. The fraction of sp³-hybridized carbons (Fsp3) is 0.533. The van der Waals surface area contributed by atoms with Gasteiger partial charge in [-0.15, -0.1) is 0 Å². The number of ether oxygens (including phenoxy) is 2. The van der Waals surface area contributed by atoms with Crippen molar-refractivity contribution in [1.29, 1.82) is 0 Å². The predicted molar refractivity (Wildman–Crippen MR) is 76.4 cm³/mol. The zero-order valence-corrected chi connectivity index (χ0v) is 13.0. The third-order valence-corrected chi connectivity index (χ3v) is 2.95. The average molecular weight is 295 g/mol. The molecule has 0 amide bonds. The molecular weight excluding hydrogens is 274 g/mol. The van der Waals surface area contributed by atoms with Gasteiger partial charge in [0.05, 0.1) is 12.8 Å². The number of hydrogen-bond donors (Lipinski definition) is 1. The normalized spacial score (nSPS) is 11.1. The Labute approximate surface area is 123 Å². The van der Waals surface area contributed by atoms with E-state index in [-0.39, 0.29) is 18.1 Å². The molecular formula is C15H21NO5. The highest BCUT2D eigenvalue weighted by atomic mass is 16.6. The van der Waals surface area contributed by atoms with Gasteiger partial charge in [-0.2, -0.15) is 0 Å². The van der Waals surface area contributed by atoms with Gasteiger partial charge in [0.15, 0.2) is 6.29 Å². The smallest absolute Gasteiger partial charge is 0.355 e. The molecule has 1 heterocycles. The van der Waals surface area contributed by atoms with Crippen LogP contribution in [0.15, 0.2) is 0 Å². The minimum atomic E-state index is -0.642. The van der Waals surface area contributed by atoms with Gasteiger partial charge >= 0.3 is 11.9 Å². The van der Waals surface area contributed by atoms with Crippen LogP contribution < -0.4 is 0 Å². The van der Waals surface area contributed by atoms with E-state index in [2.05, 4.69) is 9.72 Å². The van der Waals surface area contributed by atoms with Crippen molar-refractivity contribution >= 4 is 18.2 Å². The molecule has 0 aliphatic carbocycles. The molecule has 1 N–H and O–H groups in total. The monoisotopic (exact) mass is 295 g/mol. The first-order valence-corrected chi connectivity index (χ1v) is 6.66.